The van der Waals surface area contributed by atoms with Crippen molar-refractivity contribution >= 4 is 33.1 Å². The van der Waals surface area contributed by atoms with Gasteiger partial charge in [-0.15, -0.1) is 11.8 Å². The van der Waals surface area contributed by atoms with E-state index in [0.717, 1.165) is 27.8 Å². The van der Waals surface area contributed by atoms with E-state index in [4.69, 9.17) is 16.0 Å². The third kappa shape index (κ3) is 6.87. The molecule has 1 aromatic heterocycles. The van der Waals surface area contributed by atoms with Crippen molar-refractivity contribution in [1.82, 2.24) is 4.98 Å². The maximum absolute atomic E-state index is 14.8. The molecule has 1 atom stereocenters. The first-order valence-electron chi connectivity index (χ1n) is 9.84. The second kappa shape index (κ2) is 10.3. The molecule has 0 aliphatic heterocycles. The van der Waals surface area contributed by atoms with Crippen LogP contribution >= 0.6 is 23.4 Å². The van der Waals surface area contributed by atoms with Crippen LogP contribution in [0.4, 0.5) is 8.78 Å². The molecule has 3 rings (SSSR count). The number of hydrogen-bond donors (Lipinski definition) is 0. The van der Waals surface area contributed by atoms with Gasteiger partial charge in [0.2, 0.25) is 9.76 Å². The molecule has 0 amide bonds. The third-order valence-corrected chi connectivity index (χ3v) is 6.83. The predicted molar refractivity (Wildman–Crippen MR) is 125 cm³/mol. The lowest BCUT2D eigenvalue weighted by molar-refractivity contribution is 0.304. The van der Waals surface area contributed by atoms with E-state index < -0.39 is 16.9 Å². The van der Waals surface area contributed by atoms with Crippen LogP contribution in [0.15, 0.2) is 59.6 Å². The molecule has 1 unspecified atom stereocenters. The van der Waals surface area contributed by atoms with E-state index in [1.165, 1.54) is 23.9 Å². The average molecular weight is 476 g/mol. The van der Waals surface area contributed by atoms with Crippen LogP contribution in [0.2, 0.25) is 10.1 Å². The third-order valence-electron chi connectivity index (χ3n) is 4.39. The summed E-state index contributed by atoms with van der Waals surface area (Å²) in [6.45, 7) is 8.64. The van der Waals surface area contributed by atoms with E-state index in [0.29, 0.717) is 21.4 Å². The number of hydrogen-bond acceptors (Lipinski definition) is 3. The van der Waals surface area contributed by atoms with Crippen LogP contribution in [-0.4, -0.2) is 14.7 Å². The van der Waals surface area contributed by atoms with Gasteiger partial charge >= 0.3 is 0 Å². The van der Waals surface area contributed by atoms with Crippen LogP contribution < -0.4 is 0 Å². The van der Waals surface area contributed by atoms with Crippen molar-refractivity contribution in [3.8, 4) is 0 Å². The summed E-state index contributed by atoms with van der Waals surface area (Å²) in [7, 11) is 0.334. The van der Waals surface area contributed by atoms with Crippen molar-refractivity contribution < 1.29 is 13.2 Å². The topological polar surface area (TPSA) is 22.1 Å². The zero-order valence-corrected chi connectivity index (χ0v) is 20.5. The van der Waals surface area contributed by atoms with Crippen LogP contribution in [0.1, 0.15) is 48.4 Å². The van der Waals surface area contributed by atoms with Gasteiger partial charge in [0.25, 0.3) is 0 Å². The van der Waals surface area contributed by atoms with Crippen LogP contribution in [0.25, 0.3) is 0 Å². The Hall–Kier alpha value is -1.73. The van der Waals surface area contributed by atoms with Crippen molar-refractivity contribution in [3.63, 3.8) is 0 Å². The Morgan fingerprint density at radius 1 is 1.06 bits per heavy atom. The number of thioether (sulfide) groups is 1. The molecule has 0 N–H and O–H groups in total. The Balaban J connectivity index is 1.99. The Morgan fingerprint density at radius 3 is 2.45 bits per heavy atom. The summed E-state index contributed by atoms with van der Waals surface area (Å²) in [5.74, 6) is -0.921. The number of nitrogens with zero attached hydrogens (tertiary/aromatic N) is 1. The van der Waals surface area contributed by atoms with E-state index in [1.807, 2.05) is 25.1 Å². The molecule has 162 valence electrons. The van der Waals surface area contributed by atoms with Gasteiger partial charge in [-0.2, -0.15) is 0 Å². The summed E-state index contributed by atoms with van der Waals surface area (Å²) in [5, 5.41) is 0.242. The number of rotatable bonds is 7. The molecule has 0 bridgehead atoms. The van der Waals surface area contributed by atoms with Gasteiger partial charge in [-0.25, -0.2) is 8.78 Å². The molecule has 0 saturated carbocycles. The lowest BCUT2D eigenvalue weighted by atomic mass is 10.00. The number of benzene rings is 2. The van der Waals surface area contributed by atoms with Gasteiger partial charge in [-0.3, -0.25) is 4.98 Å². The molecule has 0 aliphatic rings. The minimum absolute atomic E-state index is 0.0746. The number of halogens is 3. The highest BCUT2D eigenvalue weighted by Gasteiger charge is 2.23. The molecule has 2 aromatic carbocycles. The summed E-state index contributed by atoms with van der Waals surface area (Å²) in [4.78, 5) is 5.38. The highest BCUT2D eigenvalue weighted by Crippen LogP contribution is 2.43. The average Bonchev–Trinajstić information content (AvgIpc) is 2.70. The van der Waals surface area contributed by atoms with Gasteiger partial charge < -0.3 is 4.43 Å². The quantitative estimate of drug-likeness (QED) is 0.260. The molecular formula is C24H24ClF2NOSSi. The Labute approximate surface area is 194 Å². The van der Waals surface area contributed by atoms with E-state index in [1.54, 1.807) is 18.3 Å². The van der Waals surface area contributed by atoms with Crippen LogP contribution in [0, 0.1) is 18.6 Å². The lowest BCUT2D eigenvalue weighted by Crippen LogP contribution is -2.13. The van der Waals surface area contributed by atoms with Gasteiger partial charge in [0.1, 0.15) is 11.6 Å². The molecule has 2 radical (unpaired) electrons. The highest BCUT2D eigenvalue weighted by atomic mass is 35.5. The van der Waals surface area contributed by atoms with Crippen LogP contribution in [-0.2, 0) is 11.0 Å². The van der Waals surface area contributed by atoms with Crippen molar-refractivity contribution in [1.29, 1.82) is 0 Å². The van der Waals surface area contributed by atoms with Crippen molar-refractivity contribution in [2.75, 3.05) is 0 Å². The van der Waals surface area contributed by atoms with Gasteiger partial charge in [0.15, 0.2) is 0 Å². The first kappa shape index (κ1) is 23.9. The minimum Gasteiger partial charge on any atom is -0.411 e. The first-order valence-corrected chi connectivity index (χ1v) is 12.0. The van der Waals surface area contributed by atoms with Crippen molar-refractivity contribution in [2.24, 2.45) is 0 Å². The lowest BCUT2D eigenvalue weighted by Gasteiger charge is -2.21. The van der Waals surface area contributed by atoms with Crippen LogP contribution in [0.5, 0.6) is 0 Å². The molecule has 3 aromatic rings. The Bertz CT molecular complexity index is 1040. The SMILES string of the molecule is Cc1cnc(CO[Si]C(C)(C)C)cc1C(Sc1ccc(Cl)cc1)c1cc(F)ccc1F. The molecule has 2 nitrogen and oxygen atoms in total. The van der Waals surface area contributed by atoms with Gasteiger partial charge in [-0.05, 0) is 71.6 Å². The zero-order chi connectivity index (χ0) is 22.6. The normalized spacial score (nSPS) is 12.7. The molecule has 7 heteroatoms. The first-order chi connectivity index (χ1) is 14.6. The standard InChI is InChI=1S/C24H24ClF2NOSSi/c1-15-13-28-18(14-29-31-24(2,3)4)12-20(15)23(21-11-17(26)7-10-22(21)27)30-19-8-5-16(25)6-9-19/h5-13,23H,14H2,1-4H3. The number of pyridine rings is 1. The smallest absolute Gasteiger partial charge is 0.236 e. The van der Waals surface area contributed by atoms with Crippen molar-refractivity contribution in [2.45, 2.75) is 49.5 Å². The van der Waals surface area contributed by atoms with E-state index in [2.05, 4.69) is 25.8 Å². The summed E-state index contributed by atoms with van der Waals surface area (Å²) in [6.07, 6.45) is 1.76. The largest absolute Gasteiger partial charge is 0.411 e. The van der Waals surface area contributed by atoms with Crippen molar-refractivity contribution in [3.05, 3.63) is 93.8 Å². The maximum atomic E-state index is 14.8. The zero-order valence-electron chi connectivity index (χ0n) is 17.9. The fourth-order valence-corrected chi connectivity index (χ4v) is 4.97. The van der Waals surface area contributed by atoms with Gasteiger partial charge in [0.05, 0.1) is 17.6 Å². The van der Waals surface area contributed by atoms with Gasteiger partial charge in [0, 0.05) is 21.7 Å². The molecule has 0 fully saturated rings. The molecule has 1 heterocycles. The summed E-state index contributed by atoms with van der Waals surface area (Å²) >= 11 is 7.46. The van der Waals surface area contributed by atoms with Crippen LogP contribution in [0.3, 0.4) is 0 Å². The Morgan fingerprint density at radius 2 is 1.77 bits per heavy atom. The second-order valence-corrected chi connectivity index (χ2v) is 11.9. The van der Waals surface area contributed by atoms with E-state index in [9.17, 15) is 8.78 Å². The summed E-state index contributed by atoms with van der Waals surface area (Å²) in [6, 6.07) is 12.8. The van der Waals surface area contributed by atoms with E-state index in [-0.39, 0.29) is 10.6 Å². The number of aryl methyl sites for hydroxylation is 1. The molecule has 0 aliphatic carbocycles. The highest BCUT2D eigenvalue weighted by molar-refractivity contribution is 7.99. The molecule has 0 spiro atoms. The predicted octanol–water partition coefficient (Wildman–Crippen LogP) is 7.56. The second-order valence-electron chi connectivity index (χ2n) is 8.29. The van der Waals surface area contributed by atoms with E-state index >= 15 is 0 Å². The molecule has 31 heavy (non-hydrogen) atoms. The molecular weight excluding hydrogens is 452 g/mol. The fraction of sp³-hybridized carbons (Fsp3) is 0.292. The maximum Gasteiger partial charge on any atom is 0.236 e. The monoisotopic (exact) mass is 475 g/mol. The Kier molecular flexibility index (Phi) is 7.91. The minimum atomic E-state index is -0.472. The molecule has 0 saturated heterocycles. The number of aromatic nitrogens is 1. The fourth-order valence-electron chi connectivity index (χ4n) is 2.93. The summed E-state index contributed by atoms with van der Waals surface area (Å²) in [5.41, 5.74) is 2.82. The van der Waals surface area contributed by atoms with Gasteiger partial charge in [-0.1, -0.05) is 32.4 Å². The summed E-state index contributed by atoms with van der Waals surface area (Å²) < 4.78 is 34.7.